The summed E-state index contributed by atoms with van der Waals surface area (Å²) < 4.78 is 0. The summed E-state index contributed by atoms with van der Waals surface area (Å²) in [6.45, 7) is 4.06. The van der Waals surface area contributed by atoms with E-state index in [2.05, 4.69) is 39.1 Å². The van der Waals surface area contributed by atoms with Gasteiger partial charge in [-0.3, -0.25) is 0 Å². The molecule has 1 aromatic carbocycles. The van der Waals surface area contributed by atoms with Crippen LogP contribution in [0.4, 0.5) is 16.4 Å². The molecule has 2 N–H and O–H groups in total. The molecule has 0 aliphatic carbocycles. The summed E-state index contributed by atoms with van der Waals surface area (Å²) in [5.74, 6) is 1.10. The Labute approximate surface area is 122 Å². The second kappa shape index (κ2) is 4.92. The minimum absolute atomic E-state index is 1.01. The third-order valence-corrected chi connectivity index (χ3v) is 4.53. The average molecular weight is 284 g/mol. The second-order valence-corrected chi connectivity index (χ2v) is 5.89. The molecule has 0 spiro atoms. The van der Waals surface area contributed by atoms with Crippen LogP contribution >= 0.6 is 11.3 Å². The summed E-state index contributed by atoms with van der Waals surface area (Å²) >= 11 is 1.74. The zero-order chi connectivity index (χ0) is 13.4. The third kappa shape index (κ3) is 1.99. The highest BCUT2D eigenvalue weighted by atomic mass is 32.1. The molecule has 2 aliphatic heterocycles. The number of para-hydroxylation sites is 2. The molecule has 5 heteroatoms. The number of hydrogen-bond acceptors (Lipinski definition) is 5. The molecule has 0 unspecified atom stereocenters. The number of nitrogens with zero attached hydrogens (tertiary/aromatic N) is 2. The Morgan fingerprint density at radius 3 is 2.85 bits per heavy atom. The largest absolute Gasteiger partial charge is 0.353 e. The fourth-order valence-electron chi connectivity index (χ4n) is 2.67. The lowest BCUT2D eigenvalue weighted by Crippen LogP contribution is -2.46. The van der Waals surface area contributed by atoms with Crippen LogP contribution < -0.4 is 10.6 Å². The van der Waals surface area contributed by atoms with Crippen LogP contribution in [0.25, 0.3) is 0 Å². The van der Waals surface area contributed by atoms with E-state index < -0.39 is 0 Å². The van der Waals surface area contributed by atoms with Gasteiger partial charge < -0.3 is 15.5 Å². The summed E-state index contributed by atoms with van der Waals surface area (Å²) in [4.78, 5) is 7.32. The number of benzene rings is 1. The number of fused-ring (bicyclic) bond motifs is 2. The highest BCUT2D eigenvalue weighted by molar-refractivity contribution is 7.14. The van der Waals surface area contributed by atoms with Crippen molar-refractivity contribution in [3.63, 3.8) is 0 Å². The summed E-state index contributed by atoms with van der Waals surface area (Å²) in [6.07, 6.45) is 0. The maximum Gasteiger partial charge on any atom is 0.139 e. The maximum absolute atomic E-state index is 4.94. The Hall–Kier alpha value is -1.85. The van der Waals surface area contributed by atoms with Gasteiger partial charge in [0.05, 0.1) is 16.9 Å². The van der Waals surface area contributed by atoms with Crippen LogP contribution in [0.1, 0.15) is 5.56 Å². The first-order chi connectivity index (χ1) is 9.92. The van der Waals surface area contributed by atoms with Crippen molar-refractivity contribution in [3.8, 4) is 0 Å². The lowest BCUT2D eigenvalue weighted by molar-refractivity contribution is 0.358. The van der Waals surface area contributed by atoms with Gasteiger partial charge in [-0.05, 0) is 23.6 Å². The Morgan fingerprint density at radius 2 is 1.95 bits per heavy atom. The Bertz CT molecular complexity index is 655. The average Bonchev–Trinajstić information content (AvgIpc) is 2.89. The van der Waals surface area contributed by atoms with Crippen molar-refractivity contribution in [1.82, 2.24) is 10.2 Å². The first-order valence-electron chi connectivity index (χ1n) is 6.90. The molecule has 20 heavy (non-hydrogen) atoms. The number of amidine groups is 1. The van der Waals surface area contributed by atoms with Crippen LogP contribution in [-0.2, 0) is 0 Å². The van der Waals surface area contributed by atoms with Gasteiger partial charge >= 0.3 is 0 Å². The molecule has 1 aromatic heterocycles. The molecule has 4 nitrogen and oxygen atoms in total. The molecule has 0 saturated carbocycles. The first kappa shape index (κ1) is 11.9. The Balaban J connectivity index is 1.84. The van der Waals surface area contributed by atoms with E-state index in [4.69, 9.17) is 4.99 Å². The van der Waals surface area contributed by atoms with Crippen LogP contribution in [0.15, 0.2) is 40.7 Å². The van der Waals surface area contributed by atoms with Crippen LogP contribution in [0, 0.1) is 0 Å². The maximum atomic E-state index is 4.94. The number of thiophene rings is 1. The Kier molecular flexibility index (Phi) is 2.94. The van der Waals surface area contributed by atoms with Crippen LogP contribution in [0.3, 0.4) is 0 Å². The van der Waals surface area contributed by atoms with E-state index in [-0.39, 0.29) is 0 Å². The zero-order valence-electron chi connectivity index (χ0n) is 11.1. The predicted octanol–water partition coefficient (Wildman–Crippen LogP) is 2.79. The minimum atomic E-state index is 1.01. The molecule has 0 radical (unpaired) electrons. The number of rotatable bonds is 0. The summed E-state index contributed by atoms with van der Waals surface area (Å²) in [6, 6.07) is 10.4. The van der Waals surface area contributed by atoms with E-state index in [9.17, 15) is 0 Å². The van der Waals surface area contributed by atoms with Crippen LogP contribution in [0.5, 0.6) is 0 Å². The van der Waals surface area contributed by atoms with Crippen LogP contribution in [0.2, 0.25) is 0 Å². The molecule has 4 rings (SSSR count). The number of hydrogen-bond donors (Lipinski definition) is 2. The predicted molar refractivity (Wildman–Crippen MR) is 84.7 cm³/mol. The molecule has 0 bridgehead atoms. The van der Waals surface area contributed by atoms with E-state index in [1.165, 1.54) is 10.6 Å². The molecule has 0 amide bonds. The highest BCUT2D eigenvalue weighted by Crippen LogP contribution is 2.37. The van der Waals surface area contributed by atoms with E-state index in [1.54, 1.807) is 11.3 Å². The van der Waals surface area contributed by atoms with Crippen molar-refractivity contribution in [1.29, 1.82) is 0 Å². The number of piperazine rings is 1. The quantitative estimate of drug-likeness (QED) is 0.781. The molecular weight excluding hydrogens is 268 g/mol. The van der Waals surface area contributed by atoms with Crippen molar-refractivity contribution >= 4 is 33.5 Å². The zero-order valence-corrected chi connectivity index (χ0v) is 11.9. The molecule has 102 valence electrons. The van der Waals surface area contributed by atoms with Gasteiger partial charge in [-0.25, -0.2) is 4.99 Å². The van der Waals surface area contributed by atoms with Gasteiger partial charge in [0.1, 0.15) is 10.8 Å². The van der Waals surface area contributed by atoms with Crippen molar-refractivity contribution in [2.24, 2.45) is 4.99 Å². The van der Waals surface area contributed by atoms with Gasteiger partial charge in [0.15, 0.2) is 0 Å². The van der Waals surface area contributed by atoms with Gasteiger partial charge in [0.2, 0.25) is 0 Å². The molecule has 0 atom stereocenters. The molecule has 2 aromatic rings. The van der Waals surface area contributed by atoms with Crippen LogP contribution in [-0.4, -0.2) is 36.9 Å². The van der Waals surface area contributed by atoms with E-state index in [0.29, 0.717) is 0 Å². The molecule has 2 aliphatic rings. The third-order valence-electron chi connectivity index (χ3n) is 3.70. The molecule has 1 fully saturated rings. The number of anilines is 2. The Morgan fingerprint density at radius 1 is 1.10 bits per heavy atom. The van der Waals surface area contributed by atoms with Gasteiger partial charge in [-0.1, -0.05) is 12.1 Å². The van der Waals surface area contributed by atoms with E-state index >= 15 is 0 Å². The topological polar surface area (TPSA) is 39.7 Å². The summed E-state index contributed by atoms with van der Waals surface area (Å²) in [5.41, 5.74) is 3.32. The SMILES string of the molecule is c1ccc2c(c1)N=C(N1CCNCC1)c1ccsc1N2. The highest BCUT2D eigenvalue weighted by Gasteiger charge is 2.23. The molecule has 3 heterocycles. The van der Waals surface area contributed by atoms with Crippen molar-refractivity contribution in [3.05, 3.63) is 41.3 Å². The standard InChI is InChI=1S/C15H16N4S/c1-2-4-13-12(3-1)17-14(19-8-6-16-7-9-19)11-5-10-20-15(11)18-13/h1-5,10,16,18H,6-9H2. The van der Waals surface area contributed by atoms with Gasteiger partial charge in [0, 0.05) is 26.2 Å². The van der Waals surface area contributed by atoms with E-state index in [0.717, 1.165) is 43.4 Å². The normalized spacial score (nSPS) is 17.6. The number of aliphatic imine (C=N–C) groups is 1. The first-order valence-corrected chi connectivity index (χ1v) is 7.78. The minimum Gasteiger partial charge on any atom is -0.353 e. The fourth-order valence-corrected chi connectivity index (χ4v) is 3.47. The monoisotopic (exact) mass is 284 g/mol. The molecule has 1 saturated heterocycles. The lowest BCUT2D eigenvalue weighted by Gasteiger charge is -2.30. The van der Waals surface area contributed by atoms with E-state index in [1.807, 2.05) is 12.1 Å². The second-order valence-electron chi connectivity index (χ2n) is 4.98. The fraction of sp³-hybridized carbons (Fsp3) is 0.267. The van der Waals surface area contributed by atoms with Crippen molar-refractivity contribution < 1.29 is 0 Å². The van der Waals surface area contributed by atoms with Crippen molar-refractivity contribution in [2.75, 3.05) is 31.5 Å². The summed E-state index contributed by atoms with van der Waals surface area (Å²) in [5, 5.41) is 10.2. The lowest BCUT2D eigenvalue weighted by atomic mass is 10.2. The number of nitrogens with one attached hydrogen (secondary N) is 2. The molecular formula is C15H16N4S. The van der Waals surface area contributed by atoms with Gasteiger partial charge in [0.25, 0.3) is 0 Å². The van der Waals surface area contributed by atoms with Gasteiger partial charge in [-0.15, -0.1) is 11.3 Å². The van der Waals surface area contributed by atoms with Crippen molar-refractivity contribution in [2.45, 2.75) is 0 Å². The van der Waals surface area contributed by atoms with Gasteiger partial charge in [-0.2, -0.15) is 0 Å². The summed E-state index contributed by atoms with van der Waals surface area (Å²) in [7, 11) is 0. The smallest absolute Gasteiger partial charge is 0.139 e.